The summed E-state index contributed by atoms with van der Waals surface area (Å²) in [4.78, 5) is 10.8. The molecule has 0 aliphatic carbocycles. The molecule has 0 aliphatic heterocycles. The number of rotatable bonds is 3. The number of hydrogen-bond donors (Lipinski definition) is 2. The molecule has 64 valence electrons. The zero-order valence-electron chi connectivity index (χ0n) is 6.53. The molecular formula is C7H10N4O. The largest absolute Gasteiger partial charge is 0.396 e. The normalized spacial score (nSPS) is 9.67. The summed E-state index contributed by atoms with van der Waals surface area (Å²) in [7, 11) is 0. The van der Waals surface area contributed by atoms with Gasteiger partial charge in [-0.2, -0.15) is 5.10 Å². The lowest BCUT2D eigenvalue weighted by Crippen LogP contribution is -2.18. The standard InChI is InChI=1S/C7H10N4O/c1-2-3-11-6(7(9)12)5(8)4-10-11/h2,4H,1,3,8H2,(H2,9,12). The number of primary amides is 1. The van der Waals surface area contributed by atoms with Crippen LogP contribution in [0, 0.1) is 0 Å². The molecule has 0 spiro atoms. The van der Waals surface area contributed by atoms with Crippen molar-refractivity contribution in [3.63, 3.8) is 0 Å². The highest BCUT2D eigenvalue weighted by Gasteiger charge is 2.11. The summed E-state index contributed by atoms with van der Waals surface area (Å²) in [6.45, 7) is 3.94. The zero-order valence-corrected chi connectivity index (χ0v) is 6.53. The van der Waals surface area contributed by atoms with Crippen molar-refractivity contribution in [3.8, 4) is 0 Å². The monoisotopic (exact) mass is 166 g/mol. The summed E-state index contributed by atoms with van der Waals surface area (Å²) in [6, 6.07) is 0. The van der Waals surface area contributed by atoms with Gasteiger partial charge in [0.15, 0.2) is 0 Å². The molecule has 12 heavy (non-hydrogen) atoms. The van der Waals surface area contributed by atoms with E-state index >= 15 is 0 Å². The lowest BCUT2D eigenvalue weighted by molar-refractivity contribution is 0.0991. The lowest BCUT2D eigenvalue weighted by Gasteiger charge is -2.00. The number of hydrogen-bond acceptors (Lipinski definition) is 3. The fourth-order valence-corrected chi connectivity index (χ4v) is 0.930. The summed E-state index contributed by atoms with van der Waals surface area (Å²) in [6.07, 6.45) is 3.00. The van der Waals surface area contributed by atoms with E-state index < -0.39 is 5.91 Å². The van der Waals surface area contributed by atoms with Gasteiger partial charge in [-0.25, -0.2) is 0 Å². The van der Waals surface area contributed by atoms with Gasteiger partial charge in [-0.05, 0) is 0 Å². The van der Waals surface area contributed by atoms with Crippen LogP contribution in [-0.2, 0) is 6.54 Å². The quantitative estimate of drug-likeness (QED) is 0.607. The van der Waals surface area contributed by atoms with Gasteiger partial charge in [-0.3, -0.25) is 9.48 Å². The van der Waals surface area contributed by atoms with E-state index in [1.807, 2.05) is 0 Å². The third-order valence-corrected chi connectivity index (χ3v) is 1.40. The average molecular weight is 166 g/mol. The zero-order chi connectivity index (χ0) is 9.14. The van der Waals surface area contributed by atoms with E-state index in [4.69, 9.17) is 11.5 Å². The van der Waals surface area contributed by atoms with Crippen molar-refractivity contribution in [3.05, 3.63) is 24.5 Å². The molecular weight excluding hydrogens is 156 g/mol. The topological polar surface area (TPSA) is 86.9 Å². The van der Waals surface area contributed by atoms with Gasteiger partial charge in [0.1, 0.15) is 5.69 Å². The van der Waals surface area contributed by atoms with Crippen molar-refractivity contribution >= 4 is 11.6 Å². The van der Waals surface area contributed by atoms with Crippen molar-refractivity contribution in [1.29, 1.82) is 0 Å². The van der Waals surface area contributed by atoms with Crippen LogP contribution in [-0.4, -0.2) is 15.7 Å². The number of carbonyl (C=O) groups is 1. The highest BCUT2D eigenvalue weighted by atomic mass is 16.1. The molecule has 5 nitrogen and oxygen atoms in total. The predicted molar refractivity (Wildman–Crippen MR) is 45.4 cm³/mol. The van der Waals surface area contributed by atoms with E-state index in [0.29, 0.717) is 12.2 Å². The van der Waals surface area contributed by atoms with Crippen LogP contribution in [0.25, 0.3) is 0 Å². The van der Waals surface area contributed by atoms with Gasteiger partial charge in [0.05, 0.1) is 18.4 Å². The first kappa shape index (κ1) is 8.32. The molecule has 0 fully saturated rings. The summed E-state index contributed by atoms with van der Waals surface area (Å²) in [5, 5.41) is 3.85. The number of nitrogens with two attached hydrogens (primary N) is 2. The van der Waals surface area contributed by atoms with Gasteiger partial charge in [-0.15, -0.1) is 6.58 Å². The Balaban J connectivity index is 3.11. The second-order valence-electron chi connectivity index (χ2n) is 2.28. The highest BCUT2D eigenvalue weighted by molar-refractivity contribution is 5.96. The van der Waals surface area contributed by atoms with Crippen molar-refractivity contribution < 1.29 is 4.79 Å². The summed E-state index contributed by atoms with van der Waals surface area (Å²) in [5.41, 5.74) is 11.1. The second kappa shape index (κ2) is 3.08. The number of aromatic nitrogens is 2. The number of amides is 1. The molecule has 0 aromatic carbocycles. The molecule has 1 heterocycles. The van der Waals surface area contributed by atoms with Crippen LogP contribution in [0.4, 0.5) is 5.69 Å². The maximum Gasteiger partial charge on any atom is 0.269 e. The molecule has 0 radical (unpaired) electrons. The average Bonchev–Trinajstić information content (AvgIpc) is 2.32. The van der Waals surface area contributed by atoms with Gasteiger partial charge in [0, 0.05) is 0 Å². The molecule has 0 atom stereocenters. The molecule has 1 rings (SSSR count). The Labute approximate surface area is 69.7 Å². The first-order valence-electron chi connectivity index (χ1n) is 3.38. The molecule has 1 amide bonds. The van der Waals surface area contributed by atoms with E-state index in [-0.39, 0.29) is 5.69 Å². The first-order chi connectivity index (χ1) is 5.66. The first-order valence-corrected chi connectivity index (χ1v) is 3.38. The maximum atomic E-state index is 10.8. The van der Waals surface area contributed by atoms with E-state index in [9.17, 15) is 4.79 Å². The Morgan fingerprint density at radius 3 is 3.00 bits per heavy atom. The van der Waals surface area contributed by atoms with Crippen LogP contribution in [0.15, 0.2) is 18.9 Å². The van der Waals surface area contributed by atoms with Crippen LogP contribution in [0.2, 0.25) is 0 Å². The van der Waals surface area contributed by atoms with E-state index in [0.717, 1.165) is 0 Å². The number of anilines is 1. The fourth-order valence-electron chi connectivity index (χ4n) is 0.930. The minimum absolute atomic E-state index is 0.231. The molecule has 0 saturated heterocycles. The molecule has 1 aromatic rings. The molecule has 1 aromatic heterocycles. The summed E-state index contributed by atoms with van der Waals surface area (Å²) >= 11 is 0. The summed E-state index contributed by atoms with van der Waals surface area (Å²) < 4.78 is 1.41. The molecule has 0 aliphatic rings. The molecule has 0 unspecified atom stereocenters. The van der Waals surface area contributed by atoms with Gasteiger partial charge in [-0.1, -0.05) is 6.08 Å². The smallest absolute Gasteiger partial charge is 0.269 e. The fraction of sp³-hybridized carbons (Fsp3) is 0.143. The minimum Gasteiger partial charge on any atom is -0.396 e. The Hall–Kier alpha value is -1.78. The third-order valence-electron chi connectivity index (χ3n) is 1.40. The second-order valence-corrected chi connectivity index (χ2v) is 2.28. The molecule has 4 N–H and O–H groups in total. The Bertz CT molecular complexity index is 315. The molecule has 5 heteroatoms. The Morgan fingerprint density at radius 2 is 2.50 bits per heavy atom. The van der Waals surface area contributed by atoms with E-state index in [1.165, 1.54) is 10.9 Å². The maximum absolute atomic E-state index is 10.8. The highest BCUT2D eigenvalue weighted by Crippen LogP contribution is 2.09. The number of allylic oxidation sites excluding steroid dienone is 1. The van der Waals surface area contributed by atoms with Crippen LogP contribution < -0.4 is 11.5 Å². The van der Waals surface area contributed by atoms with Crippen LogP contribution in [0.1, 0.15) is 10.5 Å². The van der Waals surface area contributed by atoms with E-state index in [2.05, 4.69) is 11.7 Å². The number of carbonyl (C=O) groups excluding carboxylic acids is 1. The number of nitrogens with zero attached hydrogens (tertiary/aromatic N) is 2. The SMILES string of the molecule is C=CCn1ncc(N)c1C(N)=O. The number of nitrogen functional groups attached to an aromatic ring is 1. The van der Waals surface area contributed by atoms with Crippen LogP contribution in [0.3, 0.4) is 0 Å². The molecule has 0 bridgehead atoms. The van der Waals surface area contributed by atoms with Crippen LogP contribution >= 0.6 is 0 Å². The van der Waals surface area contributed by atoms with Crippen LogP contribution in [0.5, 0.6) is 0 Å². The van der Waals surface area contributed by atoms with E-state index in [1.54, 1.807) is 6.08 Å². The predicted octanol–water partition coefficient (Wildman–Crippen LogP) is -0.250. The van der Waals surface area contributed by atoms with Gasteiger partial charge in [0.2, 0.25) is 0 Å². The van der Waals surface area contributed by atoms with Crippen molar-refractivity contribution in [2.75, 3.05) is 5.73 Å². The van der Waals surface area contributed by atoms with Gasteiger partial charge in [0.25, 0.3) is 5.91 Å². The van der Waals surface area contributed by atoms with Gasteiger partial charge < -0.3 is 11.5 Å². The van der Waals surface area contributed by atoms with Gasteiger partial charge >= 0.3 is 0 Å². The third kappa shape index (κ3) is 1.29. The minimum atomic E-state index is -0.577. The van der Waals surface area contributed by atoms with Crippen molar-refractivity contribution in [1.82, 2.24) is 9.78 Å². The lowest BCUT2D eigenvalue weighted by atomic mass is 10.3. The Morgan fingerprint density at radius 1 is 1.83 bits per heavy atom. The van der Waals surface area contributed by atoms with Crippen molar-refractivity contribution in [2.24, 2.45) is 5.73 Å². The Kier molecular flexibility index (Phi) is 2.14. The summed E-state index contributed by atoms with van der Waals surface area (Å²) in [5.74, 6) is -0.577. The van der Waals surface area contributed by atoms with Crippen molar-refractivity contribution in [2.45, 2.75) is 6.54 Å². The molecule has 0 saturated carbocycles.